The number of esters is 1. The second-order valence-electron chi connectivity index (χ2n) is 7.17. The molecule has 6 heteroatoms. The van der Waals surface area contributed by atoms with E-state index in [-0.39, 0.29) is 11.9 Å². The molecule has 1 heterocycles. The third-order valence-corrected chi connectivity index (χ3v) is 5.38. The second kappa shape index (κ2) is 9.06. The highest BCUT2D eigenvalue weighted by atomic mass is 35.5. The number of aromatic nitrogens is 1. The number of ether oxygens (including phenoxy) is 1. The van der Waals surface area contributed by atoms with Crippen LogP contribution in [0.2, 0.25) is 5.02 Å². The Labute approximate surface area is 185 Å². The Bertz CT molecular complexity index is 1230. The first-order valence-electron chi connectivity index (χ1n) is 9.83. The van der Waals surface area contributed by atoms with E-state index < -0.39 is 0 Å². The van der Waals surface area contributed by atoms with Crippen molar-refractivity contribution in [2.45, 2.75) is 13.1 Å². The molecule has 0 saturated heterocycles. The lowest BCUT2D eigenvalue weighted by Gasteiger charge is -2.12. The highest BCUT2D eigenvalue weighted by Crippen LogP contribution is 2.22. The van der Waals surface area contributed by atoms with E-state index >= 15 is 0 Å². The molecule has 31 heavy (non-hydrogen) atoms. The van der Waals surface area contributed by atoms with Gasteiger partial charge in [-0.05, 0) is 47.5 Å². The van der Waals surface area contributed by atoms with Crippen LogP contribution in [0, 0.1) is 0 Å². The third-order valence-electron chi connectivity index (χ3n) is 5.13. The van der Waals surface area contributed by atoms with Crippen LogP contribution in [0.1, 0.15) is 32.0 Å². The van der Waals surface area contributed by atoms with Crippen LogP contribution in [0.4, 0.5) is 0 Å². The molecule has 0 atom stereocenters. The van der Waals surface area contributed by atoms with Gasteiger partial charge in [-0.15, -0.1) is 0 Å². The summed E-state index contributed by atoms with van der Waals surface area (Å²) in [5, 5.41) is 4.66. The number of halogens is 1. The van der Waals surface area contributed by atoms with Gasteiger partial charge in [0.1, 0.15) is 5.69 Å². The highest BCUT2D eigenvalue weighted by molar-refractivity contribution is 6.30. The molecule has 0 spiro atoms. The Morgan fingerprint density at radius 1 is 0.935 bits per heavy atom. The molecule has 3 aromatic carbocycles. The molecule has 4 rings (SSSR count). The molecule has 0 bridgehead atoms. The molecular weight excluding hydrogens is 412 g/mol. The fourth-order valence-corrected chi connectivity index (χ4v) is 3.62. The van der Waals surface area contributed by atoms with Gasteiger partial charge in [-0.3, -0.25) is 4.79 Å². The van der Waals surface area contributed by atoms with Gasteiger partial charge >= 0.3 is 5.97 Å². The summed E-state index contributed by atoms with van der Waals surface area (Å²) in [5.74, 6) is -0.551. The number of amides is 1. The van der Waals surface area contributed by atoms with Crippen LogP contribution in [0.3, 0.4) is 0 Å². The number of nitrogens with one attached hydrogen (secondary N) is 1. The lowest BCUT2D eigenvalue weighted by Crippen LogP contribution is -2.25. The van der Waals surface area contributed by atoms with E-state index in [1.807, 2.05) is 59.2 Å². The first-order valence-corrected chi connectivity index (χ1v) is 10.2. The number of hydrogen-bond acceptors (Lipinski definition) is 3. The van der Waals surface area contributed by atoms with E-state index in [1.165, 1.54) is 7.11 Å². The summed E-state index contributed by atoms with van der Waals surface area (Å²) in [5.41, 5.74) is 3.99. The lowest BCUT2D eigenvalue weighted by atomic mass is 10.1. The first-order chi connectivity index (χ1) is 15.0. The number of carbonyl (C=O) groups excluding carboxylic acids is 2. The molecular formula is C25H21ClN2O3. The van der Waals surface area contributed by atoms with E-state index in [0.717, 1.165) is 22.0 Å². The van der Waals surface area contributed by atoms with Crippen LogP contribution in [-0.4, -0.2) is 23.6 Å². The number of hydrogen-bond donors (Lipinski definition) is 1. The zero-order valence-corrected chi connectivity index (χ0v) is 17.7. The average molecular weight is 433 g/mol. The fraction of sp³-hybridized carbons (Fsp3) is 0.120. The summed E-state index contributed by atoms with van der Waals surface area (Å²) in [6.07, 6.45) is 0. The minimum Gasteiger partial charge on any atom is -0.465 e. The zero-order chi connectivity index (χ0) is 21.8. The molecule has 1 aromatic heterocycles. The van der Waals surface area contributed by atoms with Crippen molar-refractivity contribution in [2.75, 3.05) is 7.11 Å². The largest absolute Gasteiger partial charge is 0.465 e. The third kappa shape index (κ3) is 4.62. The minimum atomic E-state index is -0.387. The molecule has 156 valence electrons. The van der Waals surface area contributed by atoms with Gasteiger partial charge in [0, 0.05) is 29.0 Å². The van der Waals surface area contributed by atoms with Crippen molar-refractivity contribution in [2.24, 2.45) is 0 Å². The first kappa shape index (κ1) is 20.7. The van der Waals surface area contributed by atoms with E-state index in [0.29, 0.717) is 29.4 Å². The SMILES string of the molecule is COC(=O)c1ccc(CNC(=O)c2cc3ccccc3n2Cc2ccc(Cl)cc2)cc1. The summed E-state index contributed by atoms with van der Waals surface area (Å²) >= 11 is 6.01. The predicted octanol–water partition coefficient (Wildman–Crippen LogP) is 5.06. The summed E-state index contributed by atoms with van der Waals surface area (Å²) in [6.45, 7) is 0.907. The van der Waals surface area contributed by atoms with Gasteiger partial charge in [0.2, 0.25) is 0 Å². The maximum Gasteiger partial charge on any atom is 0.337 e. The predicted molar refractivity (Wildman–Crippen MR) is 121 cm³/mol. The van der Waals surface area contributed by atoms with Gasteiger partial charge in [0.25, 0.3) is 5.91 Å². The number of fused-ring (bicyclic) bond motifs is 1. The Kier molecular flexibility index (Phi) is 6.05. The van der Waals surface area contributed by atoms with Crippen molar-refractivity contribution in [3.05, 3.63) is 106 Å². The summed E-state index contributed by atoms with van der Waals surface area (Å²) < 4.78 is 6.72. The molecule has 1 amide bonds. The van der Waals surface area contributed by atoms with Crippen LogP contribution in [0.15, 0.2) is 78.9 Å². The maximum absolute atomic E-state index is 13.0. The van der Waals surface area contributed by atoms with Gasteiger partial charge in [-0.1, -0.05) is 54.1 Å². The Morgan fingerprint density at radius 2 is 1.61 bits per heavy atom. The molecule has 4 aromatic rings. The van der Waals surface area contributed by atoms with Crippen molar-refractivity contribution in [1.82, 2.24) is 9.88 Å². The highest BCUT2D eigenvalue weighted by Gasteiger charge is 2.16. The molecule has 0 unspecified atom stereocenters. The van der Waals surface area contributed by atoms with Crippen LogP contribution in [0.25, 0.3) is 10.9 Å². The number of methoxy groups -OCH3 is 1. The number of rotatable bonds is 6. The zero-order valence-electron chi connectivity index (χ0n) is 17.0. The van der Waals surface area contributed by atoms with Gasteiger partial charge in [0.05, 0.1) is 12.7 Å². The van der Waals surface area contributed by atoms with Crippen molar-refractivity contribution < 1.29 is 14.3 Å². The van der Waals surface area contributed by atoms with E-state index in [4.69, 9.17) is 16.3 Å². The molecule has 1 N–H and O–H groups in total. The smallest absolute Gasteiger partial charge is 0.337 e. The quantitative estimate of drug-likeness (QED) is 0.433. The van der Waals surface area contributed by atoms with E-state index in [1.54, 1.807) is 24.3 Å². The molecule has 0 aliphatic rings. The number of nitrogens with zero attached hydrogens (tertiary/aromatic N) is 1. The molecule has 0 fully saturated rings. The summed E-state index contributed by atoms with van der Waals surface area (Å²) in [4.78, 5) is 24.6. The van der Waals surface area contributed by atoms with Crippen molar-refractivity contribution in [3.63, 3.8) is 0 Å². The topological polar surface area (TPSA) is 60.3 Å². The van der Waals surface area contributed by atoms with Gasteiger partial charge in [-0.25, -0.2) is 4.79 Å². The van der Waals surface area contributed by atoms with Gasteiger partial charge in [-0.2, -0.15) is 0 Å². The van der Waals surface area contributed by atoms with Crippen molar-refractivity contribution in [1.29, 1.82) is 0 Å². The van der Waals surface area contributed by atoms with Crippen LogP contribution in [-0.2, 0) is 17.8 Å². The van der Waals surface area contributed by atoms with Crippen molar-refractivity contribution in [3.8, 4) is 0 Å². The Morgan fingerprint density at radius 3 is 2.32 bits per heavy atom. The molecule has 0 aliphatic heterocycles. The minimum absolute atomic E-state index is 0.165. The van der Waals surface area contributed by atoms with Crippen LogP contribution >= 0.6 is 11.6 Å². The Balaban J connectivity index is 1.56. The monoisotopic (exact) mass is 432 g/mol. The van der Waals surface area contributed by atoms with Crippen molar-refractivity contribution >= 4 is 34.4 Å². The maximum atomic E-state index is 13.0. The standard InChI is InChI=1S/C25H21ClN2O3/c1-31-25(30)19-10-6-17(7-11-19)15-27-24(29)23-14-20-4-2-3-5-22(20)28(23)16-18-8-12-21(26)13-9-18/h2-14H,15-16H2,1H3,(H,27,29). The molecule has 0 aliphatic carbocycles. The molecule has 0 radical (unpaired) electrons. The number of para-hydroxylation sites is 1. The Hall–Kier alpha value is -3.57. The summed E-state index contributed by atoms with van der Waals surface area (Å²) in [7, 11) is 1.35. The number of carbonyl (C=O) groups is 2. The van der Waals surface area contributed by atoms with E-state index in [2.05, 4.69) is 5.32 Å². The van der Waals surface area contributed by atoms with E-state index in [9.17, 15) is 9.59 Å². The number of benzene rings is 3. The average Bonchev–Trinajstić information content (AvgIpc) is 3.17. The second-order valence-corrected chi connectivity index (χ2v) is 7.61. The van der Waals surface area contributed by atoms with Crippen LogP contribution < -0.4 is 5.32 Å². The van der Waals surface area contributed by atoms with Crippen LogP contribution in [0.5, 0.6) is 0 Å². The van der Waals surface area contributed by atoms with Gasteiger partial charge in [0.15, 0.2) is 0 Å². The van der Waals surface area contributed by atoms with Gasteiger partial charge < -0.3 is 14.6 Å². The lowest BCUT2D eigenvalue weighted by molar-refractivity contribution is 0.0600. The molecule has 0 saturated carbocycles. The molecule has 5 nitrogen and oxygen atoms in total. The summed E-state index contributed by atoms with van der Waals surface area (Å²) in [6, 6.07) is 24.4. The normalized spacial score (nSPS) is 10.8. The fourth-order valence-electron chi connectivity index (χ4n) is 3.49.